The van der Waals surface area contributed by atoms with E-state index in [1.165, 1.54) is 25.7 Å². The number of anilines is 1. The van der Waals surface area contributed by atoms with E-state index in [0.717, 1.165) is 81.7 Å². The van der Waals surface area contributed by atoms with Crippen molar-refractivity contribution in [3.8, 4) is 11.1 Å². The van der Waals surface area contributed by atoms with E-state index in [4.69, 9.17) is 14.6 Å². The Balaban J connectivity index is 0.000000448. The van der Waals surface area contributed by atoms with Crippen LogP contribution < -0.4 is 10.2 Å². The lowest BCUT2D eigenvalue weighted by Crippen LogP contribution is -2.38. The van der Waals surface area contributed by atoms with Gasteiger partial charge in [-0.3, -0.25) is 9.69 Å². The molecule has 1 amide bonds. The van der Waals surface area contributed by atoms with Crippen molar-refractivity contribution in [1.29, 1.82) is 0 Å². The minimum Gasteiger partial charge on any atom is -0.475 e. The van der Waals surface area contributed by atoms with E-state index in [1.807, 2.05) is 18.5 Å². The van der Waals surface area contributed by atoms with Crippen molar-refractivity contribution < 1.29 is 32.6 Å². The van der Waals surface area contributed by atoms with Gasteiger partial charge in [0.1, 0.15) is 5.69 Å². The fourth-order valence-corrected chi connectivity index (χ4v) is 4.56. The molecule has 0 unspecified atom stereocenters. The number of carbonyl (C=O) groups excluding carboxylic acids is 1. The normalized spacial score (nSPS) is 18.0. The van der Waals surface area contributed by atoms with Gasteiger partial charge in [-0.15, -0.1) is 0 Å². The lowest BCUT2D eigenvalue weighted by Gasteiger charge is -2.26. The molecule has 13 heteroatoms. The average Bonchev–Trinajstić information content (AvgIpc) is 3.38. The van der Waals surface area contributed by atoms with Gasteiger partial charge in [0, 0.05) is 69.0 Å². The maximum atomic E-state index is 13.0. The first-order chi connectivity index (χ1) is 18.7. The van der Waals surface area contributed by atoms with Crippen molar-refractivity contribution in [1.82, 2.24) is 24.8 Å². The third kappa shape index (κ3) is 8.65. The fraction of sp³-hybridized carbons (Fsp3) is 0.615. The van der Waals surface area contributed by atoms with Crippen LogP contribution >= 0.6 is 0 Å². The summed E-state index contributed by atoms with van der Waals surface area (Å²) in [6.07, 6.45) is 6.66. The molecule has 0 spiro atoms. The summed E-state index contributed by atoms with van der Waals surface area (Å²) in [5, 5.41) is 10.3. The molecule has 3 fully saturated rings. The summed E-state index contributed by atoms with van der Waals surface area (Å²) in [6.45, 7) is 8.26. The van der Waals surface area contributed by atoms with Crippen LogP contribution in [0.15, 0.2) is 24.7 Å². The molecule has 214 valence electrons. The van der Waals surface area contributed by atoms with E-state index in [2.05, 4.69) is 35.8 Å². The van der Waals surface area contributed by atoms with Crippen LogP contribution in [0.25, 0.3) is 11.1 Å². The van der Waals surface area contributed by atoms with Crippen molar-refractivity contribution in [2.45, 2.75) is 44.8 Å². The van der Waals surface area contributed by atoms with Crippen LogP contribution in [0.4, 0.5) is 19.1 Å². The number of amides is 1. The number of carboxylic acids is 1. The number of alkyl halides is 3. The van der Waals surface area contributed by atoms with Gasteiger partial charge in [0.25, 0.3) is 5.91 Å². The van der Waals surface area contributed by atoms with Crippen molar-refractivity contribution in [3.05, 3.63) is 30.4 Å². The van der Waals surface area contributed by atoms with Crippen molar-refractivity contribution >= 4 is 17.8 Å². The van der Waals surface area contributed by atoms with E-state index in [0.29, 0.717) is 12.5 Å². The summed E-state index contributed by atoms with van der Waals surface area (Å²) >= 11 is 0. The molecule has 2 aromatic heterocycles. The molecule has 0 bridgehead atoms. The zero-order valence-electron chi connectivity index (χ0n) is 21.8. The van der Waals surface area contributed by atoms with Crippen LogP contribution in [-0.4, -0.2) is 95.1 Å². The molecule has 4 heterocycles. The quantitative estimate of drug-likeness (QED) is 0.457. The molecular formula is C26H35F3N6O4. The molecule has 2 N–H and O–H groups in total. The zero-order valence-corrected chi connectivity index (χ0v) is 21.8. The first kappa shape index (κ1) is 28.8. The van der Waals surface area contributed by atoms with E-state index in [9.17, 15) is 18.0 Å². The number of morpholine rings is 1. The minimum absolute atomic E-state index is 0.00785. The minimum atomic E-state index is -5.08. The highest BCUT2D eigenvalue weighted by Gasteiger charge is 2.38. The standard InChI is InChI=1S/C24H34N6O2.C2HF3O2/c31-23(25-6-3-7-28-10-12-32-13-11-28)22-14-20(18-30(22)17-19-4-5-19)21-15-26-24(27-16-21)29-8-1-2-9-29;3-2(4,5)1(6)7/h14-16,18-19H,1-13,17H2,(H,25,31);(H,6,7). The summed E-state index contributed by atoms with van der Waals surface area (Å²) in [5.41, 5.74) is 2.71. The molecule has 0 radical (unpaired) electrons. The number of ether oxygens (including phenoxy) is 1. The number of carbonyl (C=O) groups is 2. The fourth-order valence-electron chi connectivity index (χ4n) is 4.56. The average molecular weight is 553 g/mol. The lowest BCUT2D eigenvalue weighted by atomic mass is 10.2. The van der Waals surface area contributed by atoms with Gasteiger partial charge in [-0.2, -0.15) is 13.2 Å². The van der Waals surface area contributed by atoms with Crippen LogP contribution in [0.1, 0.15) is 42.6 Å². The molecule has 1 saturated carbocycles. The van der Waals surface area contributed by atoms with Crippen LogP contribution in [0.5, 0.6) is 0 Å². The Morgan fingerprint density at radius 3 is 2.28 bits per heavy atom. The van der Waals surface area contributed by atoms with Crippen molar-refractivity contribution in [3.63, 3.8) is 0 Å². The van der Waals surface area contributed by atoms with Crippen molar-refractivity contribution in [2.24, 2.45) is 5.92 Å². The summed E-state index contributed by atoms with van der Waals surface area (Å²) in [7, 11) is 0. The van der Waals surface area contributed by atoms with Crippen molar-refractivity contribution in [2.75, 3.05) is 57.4 Å². The first-order valence-electron chi connectivity index (χ1n) is 13.4. The highest BCUT2D eigenvalue weighted by atomic mass is 19.4. The van der Waals surface area contributed by atoms with Gasteiger partial charge in [0.2, 0.25) is 5.95 Å². The van der Waals surface area contributed by atoms with Gasteiger partial charge in [-0.1, -0.05) is 0 Å². The highest BCUT2D eigenvalue weighted by Crippen LogP contribution is 2.32. The second kappa shape index (κ2) is 13.2. The number of hydrogen-bond acceptors (Lipinski definition) is 7. The second-order valence-electron chi connectivity index (χ2n) is 10.0. The molecule has 10 nitrogen and oxygen atoms in total. The molecular weight excluding hydrogens is 517 g/mol. The van der Waals surface area contributed by atoms with Gasteiger partial charge in [-0.05, 0) is 50.6 Å². The Labute approximate surface area is 225 Å². The third-order valence-corrected chi connectivity index (χ3v) is 6.92. The number of nitrogens with one attached hydrogen (secondary N) is 1. The Morgan fingerprint density at radius 1 is 1.05 bits per heavy atom. The number of nitrogens with zero attached hydrogens (tertiary/aromatic N) is 5. The highest BCUT2D eigenvalue weighted by molar-refractivity contribution is 5.94. The number of halogens is 3. The predicted octanol–water partition coefficient (Wildman–Crippen LogP) is 3.04. The smallest absolute Gasteiger partial charge is 0.475 e. The summed E-state index contributed by atoms with van der Waals surface area (Å²) in [5.74, 6) is -1.25. The molecule has 2 aliphatic heterocycles. The largest absolute Gasteiger partial charge is 0.490 e. The number of rotatable bonds is 9. The Kier molecular flexibility index (Phi) is 9.78. The first-order valence-corrected chi connectivity index (χ1v) is 13.4. The van der Waals surface area contributed by atoms with E-state index >= 15 is 0 Å². The van der Waals surface area contributed by atoms with Crippen LogP contribution in [0.3, 0.4) is 0 Å². The number of aliphatic carboxylic acids is 1. The van der Waals surface area contributed by atoms with E-state index in [1.54, 1.807) is 0 Å². The molecule has 0 atom stereocenters. The molecule has 3 aliphatic rings. The SMILES string of the molecule is O=C(NCCCN1CCOCC1)c1cc(-c2cnc(N3CCCC3)nc2)cn1CC1CC1.O=C(O)C(F)(F)F. The van der Waals surface area contributed by atoms with Gasteiger partial charge < -0.3 is 24.6 Å². The topological polar surface area (TPSA) is 113 Å². The lowest BCUT2D eigenvalue weighted by molar-refractivity contribution is -0.192. The third-order valence-electron chi connectivity index (χ3n) is 6.92. The van der Waals surface area contributed by atoms with E-state index in [-0.39, 0.29) is 5.91 Å². The zero-order chi connectivity index (χ0) is 27.8. The molecule has 2 aromatic rings. The maximum Gasteiger partial charge on any atom is 0.490 e. The van der Waals surface area contributed by atoms with Gasteiger partial charge >= 0.3 is 12.1 Å². The molecule has 0 aromatic carbocycles. The Hall–Kier alpha value is -3.19. The monoisotopic (exact) mass is 552 g/mol. The predicted molar refractivity (Wildman–Crippen MR) is 138 cm³/mol. The Bertz CT molecular complexity index is 1090. The van der Waals surface area contributed by atoms with Gasteiger partial charge in [0.15, 0.2) is 0 Å². The maximum absolute atomic E-state index is 13.0. The van der Waals surface area contributed by atoms with Crippen LogP contribution in [0.2, 0.25) is 0 Å². The van der Waals surface area contributed by atoms with Crippen LogP contribution in [-0.2, 0) is 16.1 Å². The summed E-state index contributed by atoms with van der Waals surface area (Å²) in [4.78, 5) is 35.7. The summed E-state index contributed by atoms with van der Waals surface area (Å²) < 4.78 is 39.3. The molecule has 5 rings (SSSR count). The number of hydrogen-bond donors (Lipinski definition) is 2. The second-order valence-corrected chi connectivity index (χ2v) is 10.0. The molecule has 2 saturated heterocycles. The molecule has 1 aliphatic carbocycles. The molecule has 39 heavy (non-hydrogen) atoms. The van der Waals surface area contributed by atoms with E-state index < -0.39 is 12.1 Å². The van der Waals surface area contributed by atoms with Gasteiger partial charge in [-0.25, -0.2) is 14.8 Å². The Morgan fingerprint density at radius 2 is 1.69 bits per heavy atom. The van der Waals surface area contributed by atoms with Crippen LogP contribution in [0, 0.1) is 5.92 Å². The summed E-state index contributed by atoms with van der Waals surface area (Å²) in [6, 6.07) is 1.99. The number of aromatic nitrogens is 3. The van der Waals surface area contributed by atoms with Gasteiger partial charge in [0.05, 0.1) is 13.2 Å². The number of carboxylic acid groups (broad SMARTS) is 1.